The quantitative estimate of drug-likeness (QED) is 0.797. The Balaban J connectivity index is 2.24. The summed E-state index contributed by atoms with van der Waals surface area (Å²) in [5, 5.41) is 9.58. The van der Waals surface area contributed by atoms with Crippen LogP contribution in [-0.4, -0.2) is 20.6 Å². The molecule has 0 bridgehead atoms. The molecule has 0 aliphatic carbocycles. The van der Waals surface area contributed by atoms with Crippen LogP contribution in [-0.2, 0) is 6.54 Å². The Hall–Kier alpha value is -2.95. The summed E-state index contributed by atoms with van der Waals surface area (Å²) in [5.74, 6) is -1.22. The van der Waals surface area contributed by atoms with Gasteiger partial charge in [-0.25, -0.2) is 4.79 Å². The predicted molar refractivity (Wildman–Crippen MR) is 78.5 cm³/mol. The summed E-state index contributed by atoms with van der Waals surface area (Å²) in [6.45, 7) is 0.405. The van der Waals surface area contributed by atoms with Crippen molar-refractivity contribution in [2.24, 2.45) is 0 Å². The zero-order chi connectivity index (χ0) is 14.8. The minimum Gasteiger partial charge on any atom is -0.477 e. The van der Waals surface area contributed by atoms with Crippen molar-refractivity contribution in [3.63, 3.8) is 0 Å². The number of nitrogens with zero attached hydrogens (tertiary/aromatic N) is 2. The van der Waals surface area contributed by atoms with Crippen LogP contribution in [0.25, 0.3) is 10.9 Å². The van der Waals surface area contributed by atoms with Gasteiger partial charge in [0.2, 0.25) is 5.43 Å². The van der Waals surface area contributed by atoms with Crippen molar-refractivity contribution in [2.75, 3.05) is 0 Å². The standard InChI is InChI=1S/C16H12N2O3/c19-15-12-6-1-2-7-14(12)18(10-13(15)16(20)21)9-11-5-3-4-8-17-11/h1-8,10H,9H2,(H,20,21). The smallest absolute Gasteiger partial charge is 0.341 e. The van der Waals surface area contributed by atoms with Crippen molar-refractivity contribution in [3.05, 3.63) is 76.3 Å². The lowest BCUT2D eigenvalue weighted by Crippen LogP contribution is -2.19. The van der Waals surface area contributed by atoms with Crippen molar-refractivity contribution < 1.29 is 9.90 Å². The molecule has 0 amide bonds. The number of carboxylic acids is 1. The first-order chi connectivity index (χ1) is 10.2. The molecule has 0 aliphatic rings. The molecule has 0 radical (unpaired) electrons. The molecule has 2 heterocycles. The lowest BCUT2D eigenvalue weighted by Gasteiger charge is -2.11. The van der Waals surface area contributed by atoms with Crippen molar-refractivity contribution in [1.29, 1.82) is 0 Å². The first-order valence-corrected chi connectivity index (χ1v) is 6.42. The number of carbonyl (C=O) groups is 1. The van der Waals surface area contributed by atoms with Gasteiger partial charge in [-0.15, -0.1) is 0 Å². The van der Waals surface area contributed by atoms with Gasteiger partial charge in [-0.2, -0.15) is 0 Å². The number of aromatic nitrogens is 2. The van der Waals surface area contributed by atoms with Crippen molar-refractivity contribution >= 4 is 16.9 Å². The Kier molecular flexibility index (Phi) is 3.23. The molecule has 0 aliphatic heterocycles. The maximum Gasteiger partial charge on any atom is 0.341 e. The second-order valence-electron chi connectivity index (χ2n) is 4.64. The Morgan fingerprint density at radius 1 is 1.14 bits per heavy atom. The molecule has 3 rings (SSSR count). The van der Waals surface area contributed by atoms with E-state index in [2.05, 4.69) is 4.98 Å². The maximum absolute atomic E-state index is 12.2. The number of hydrogen-bond acceptors (Lipinski definition) is 3. The van der Waals surface area contributed by atoms with E-state index in [9.17, 15) is 14.7 Å². The van der Waals surface area contributed by atoms with Gasteiger partial charge in [-0.1, -0.05) is 18.2 Å². The van der Waals surface area contributed by atoms with Crippen molar-refractivity contribution in [3.8, 4) is 0 Å². The van der Waals surface area contributed by atoms with Gasteiger partial charge < -0.3 is 9.67 Å². The molecule has 104 valence electrons. The van der Waals surface area contributed by atoms with E-state index < -0.39 is 11.4 Å². The van der Waals surface area contributed by atoms with Crippen LogP contribution in [0.1, 0.15) is 16.1 Å². The largest absolute Gasteiger partial charge is 0.477 e. The molecule has 21 heavy (non-hydrogen) atoms. The minimum atomic E-state index is -1.22. The highest BCUT2D eigenvalue weighted by molar-refractivity contribution is 5.92. The summed E-state index contributed by atoms with van der Waals surface area (Å²) in [6, 6.07) is 12.5. The highest BCUT2D eigenvalue weighted by Gasteiger charge is 2.14. The van der Waals surface area contributed by atoms with Gasteiger partial charge in [0.15, 0.2) is 0 Å². The predicted octanol–water partition coefficient (Wildman–Crippen LogP) is 2.14. The molecule has 5 heteroatoms. The van der Waals surface area contributed by atoms with Crippen LogP contribution >= 0.6 is 0 Å². The molecule has 0 spiro atoms. The average molecular weight is 280 g/mol. The molecule has 0 fully saturated rings. The Morgan fingerprint density at radius 2 is 1.90 bits per heavy atom. The van der Waals surface area contributed by atoms with Gasteiger partial charge in [0.1, 0.15) is 5.56 Å². The highest BCUT2D eigenvalue weighted by Crippen LogP contribution is 2.13. The van der Waals surface area contributed by atoms with Crippen LogP contribution < -0.4 is 5.43 Å². The van der Waals surface area contributed by atoms with Gasteiger partial charge in [-0.3, -0.25) is 9.78 Å². The molecular formula is C16H12N2O3. The number of pyridine rings is 2. The summed E-state index contributed by atoms with van der Waals surface area (Å²) in [7, 11) is 0. The van der Waals surface area contributed by atoms with E-state index in [0.29, 0.717) is 17.4 Å². The Bertz CT molecular complexity index is 870. The average Bonchev–Trinajstić information content (AvgIpc) is 2.51. The van der Waals surface area contributed by atoms with Crippen LogP contribution in [0.4, 0.5) is 0 Å². The first kappa shape index (κ1) is 13.1. The number of carboxylic acid groups (broad SMARTS) is 1. The Labute approximate surface area is 120 Å². The second-order valence-corrected chi connectivity index (χ2v) is 4.64. The van der Waals surface area contributed by atoms with Gasteiger partial charge in [0.05, 0.1) is 17.8 Å². The number of aromatic carboxylic acids is 1. The number of rotatable bonds is 3. The minimum absolute atomic E-state index is 0.232. The summed E-state index contributed by atoms with van der Waals surface area (Å²) >= 11 is 0. The third-order valence-electron chi connectivity index (χ3n) is 3.28. The summed E-state index contributed by atoms with van der Waals surface area (Å²) in [6.07, 6.45) is 3.06. The van der Waals surface area contributed by atoms with E-state index in [0.717, 1.165) is 5.69 Å². The van der Waals surface area contributed by atoms with Gasteiger partial charge in [-0.05, 0) is 24.3 Å². The third-order valence-corrected chi connectivity index (χ3v) is 3.28. The molecule has 2 aromatic heterocycles. The fourth-order valence-electron chi connectivity index (χ4n) is 2.29. The summed E-state index contributed by atoms with van der Waals surface area (Å²) < 4.78 is 1.74. The molecular weight excluding hydrogens is 268 g/mol. The SMILES string of the molecule is O=C(O)c1cn(Cc2ccccn2)c2ccccc2c1=O. The fraction of sp³-hybridized carbons (Fsp3) is 0.0625. The number of hydrogen-bond donors (Lipinski definition) is 1. The normalized spacial score (nSPS) is 10.7. The molecule has 5 nitrogen and oxygen atoms in total. The summed E-state index contributed by atoms with van der Waals surface area (Å²) in [5.41, 5.74) is 0.792. The van der Waals surface area contributed by atoms with Crippen molar-refractivity contribution in [1.82, 2.24) is 9.55 Å². The molecule has 0 saturated heterocycles. The number of para-hydroxylation sites is 1. The van der Waals surface area contributed by atoms with E-state index in [4.69, 9.17) is 0 Å². The molecule has 0 saturated carbocycles. The van der Waals surface area contributed by atoms with Crippen molar-refractivity contribution in [2.45, 2.75) is 6.54 Å². The van der Waals surface area contributed by atoms with E-state index in [1.54, 1.807) is 29.0 Å². The zero-order valence-corrected chi connectivity index (χ0v) is 11.1. The number of benzene rings is 1. The van der Waals surface area contributed by atoms with E-state index in [1.165, 1.54) is 6.20 Å². The monoisotopic (exact) mass is 280 g/mol. The summed E-state index contributed by atoms with van der Waals surface area (Å²) in [4.78, 5) is 27.6. The van der Waals surface area contributed by atoms with Crippen LogP contribution in [0.15, 0.2) is 59.7 Å². The molecule has 0 unspecified atom stereocenters. The lowest BCUT2D eigenvalue weighted by atomic mass is 10.1. The topological polar surface area (TPSA) is 72.2 Å². The van der Waals surface area contributed by atoms with Crippen LogP contribution in [0.5, 0.6) is 0 Å². The molecule has 1 N–H and O–H groups in total. The lowest BCUT2D eigenvalue weighted by molar-refractivity contribution is 0.0695. The fourth-order valence-corrected chi connectivity index (χ4v) is 2.29. The molecule has 0 atom stereocenters. The maximum atomic E-state index is 12.2. The molecule has 3 aromatic rings. The van der Waals surface area contributed by atoms with Gasteiger partial charge in [0, 0.05) is 17.8 Å². The van der Waals surface area contributed by atoms with E-state index in [1.807, 2.05) is 24.3 Å². The molecule has 1 aromatic carbocycles. The third kappa shape index (κ3) is 2.41. The van der Waals surface area contributed by atoms with E-state index in [-0.39, 0.29) is 5.56 Å². The Morgan fingerprint density at radius 3 is 2.62 bits per heavy atom. The van der Waals surface area contributed by atoms with Crippen LogP contribution in [0, 0.1) is 0 Å². The highest BCUT2D eigenvalue weighted by atomic mass is 16.4. The first-order valence-electron chi connectivity index (χ1n) is 6.42. The van der Waals surface area contributed by atoms with E-state index >= 15 is 0 Å². The van der Waals surface area contributed by atoms with Gasteiger partial charge >= 0.3 is 5.97 Å². The van der Waals surface area contributed by atoms with Crippen LogP contribution in [0.3, 0.4) is 0 Å². The zero-order valence-electron chi connectivity index (χ0n) is 11.1. The van der Waals surface area contributed by atoms with Crippen LogP contribution in [0.2, 0.25) is 0 Å². The number of fused-ring (bicyclic) bond motifs is 1. The second kappa shape index (κ2) is 5.20. The van der Waals surface area contributed by atoms with Gasteiger partial charge in [0.25, 0.3) is 0 Å².